The minimum atomic E-state index is -0.894. The van der Waals surface area contributed by atoms with Crippen LogP contribution in [0, 0.1) is 11.8 Å². The molecule has 6 heteroatoms. The Morgan fingerprint density at radius 1 is 0.588 bits per heavy atom. The Hall–Kier alpha value is -4.32. The first-order valence-electron chi connectivity index (χ1n) is 10.9. The molecule has 34 heavy (non-hydrogen) atoms. The SMILES string of the molecule is O=C1C=C(/C=C/c2ccc(O)cc2)[C@@H]2C(=O)[C@H]1[C@H](c1ccc(O)cc1)[C@H]2c1cc(O)cc(O)c1. The number of phenols is 4. The molecule has 5 rings (SSSR count). The van der Waals surface area contributed by atoms with E-state index in [0.29, 0.717) is 11.1 Å². The maximum atomic E-state index is 13.6. The van der Waals surface area contributed by atoms with Gasteiger partial charge in [-0.3, -0.25) is 9.59 Å². The van der Waals surface area contributed by atoms with Gasteiger partial charge in [-0.05, 0) is 64.7 Å². The molecule has 0 spiro atoms. The molecule has 0 aromatic heterocycles. The average Bonchev–Trinajstić information content (AvgIpc) is 3.02. The molecule has 0 saturated heterocycles. The molecule has 0 unspecified atom stereocenters. The van der Waals surface area contributed by atoms with Crippen molar-refractivity contribution in [3.05, 3.63) is 101 Å². The Bertz CT molecular complexity index is 1310. The molecule has 3 aromatic rings. The van der Waals surface area contributed by atoms with E-state index in [0.717, 1.165) is 11.1 Å². The lowest BCUT2D eigenvalue weighted by Crippen LogP contribution is -2.29. The van der Waals surface area contributed by atoms with Crippen LogP contribution in [0.5, 0.6) is 23.0 Å². The third-order valence-electron chi connectivity index (χ3n) is 6.64. The van der Waals surface area contributed by atoms with Crippen molar-refractivity contribution in [3.8, 4) is 23.0 Å². The highest BCUT2D eigenvalue weighted by molar-refractivity contribution is 6.15. The third-order valence-corrected chi connectivity index (χ3v) is 6.64. The number of allylic oxidation sites excluding steroid dienone is 3. The van der Waals surface area contributed by atoms with Gasteiger partial charge in [0.25, 0.3) is 0 Å². The predicted molar refractivity (Wildman–Crippen MR) is 126 cm³/mol. The van der Waals surface area contributed by atoms with Gasteiger partial charge in [-0.15, -0.1) is 0 Å². The summed E-state index contributed by atoms with van der Waals surface area (Å²) in [6.07, 6.45) is 5.01. The monoisotopic (exact) mass is 454 g/mol. The van der Waals surface area contributed by atoms with Crippen molar-refractivity contribution in [2.75, 3.05) is 0 Å². The zero-order valence-corrected chi connectivity index (χ0v) is 18.0. The van der Waals surface area contributed by atoms with Crippen LogP contribution in [0.3, 0.4) is 0 Å². The number of carbonyl (C=O) groups is 2. The second kappa shape index (κ2) is 8.23. The second-order valence-corrected chi connectivity index (χ2v) is 8.76. The highest BCUT2D eigenvalue weighted by atomic mass is 16.3. The Kier molecular flexibility index (Phi) is 5.21. The summed E-state index contributed by atoms with van der Waals surface area (Å²) < 4.78 is 0. The third kappa shape index (κ3) is 3.73. The molecule has 170 valence electrons. The number of rotatable bonds is 4. The molecule has 2 bridgehead atoms. The Morgan fingerprint density at radius 3 is 1.76 bits per heavy atom. The van der Waals surface area contributed by atoms with Gasteiger partial charge in [0.05, 0.1) is 11.8 Å². The first-order chi connectivity index (χ1) is 16.3. The van der Waals surface area contributed by atoms with E-state index in [9.17, 15) is 30.0 Å². The molecule has 0 radical (unpaired) electrons. The van der Waals surface area contributed by atoms with Crippen LogP contribution < -0.4 is 0 Å². The number of benzene rings is 3. The number of ketones is 2. The van der Waals surface area contributed by atoms with Crippen LogP contribution >= 0.6 is 0 Å². The predicted octanol–water partition coefficient (Wildman–Crippen LogP) is 4.41. The van der Waals surface area contributed by atoms with Gasteiger partial charge >= 0.3 is 0 Å². The van der Waals surface area contributed by atoms with Crippen molar-refractivity contribution in [1.82, 2.24) is 0 Å². The van der Waals surface area contributed by atoms with Crippen LogP contribution in [0.4, 0.5) is 0 Å². The van der Waals surface area contributed by atoms with Crippen LogP contribution in [0.15, 0.2) is 84.5 Å². The Balaban J connectivity index is 1.63. The molecular weight excluding hydrogens is 432 g/mol. The van der Waals surface area contributed by atoms with E-state index in [2.05, 4.69) is 0 Å². The fourth-order valence-electron chi connectivity index (χ4n) is 5.23. The summed E-state index contributed by atoms with van der Waals surface area (Å²) in [5.74, 6) is -3.14. The fourth-order valence-corrected chi connectivity index (χ4v) is 5.23. The van der Waals surface area contributed by atoms with E-state index in [1.54, 1.807) is 48.6 Å². The maximum absolute atomic E-state index is 13.6. The van der Waals surface area contributed by atoms with Crippen LogP contribution in [0.25, 0.3) is 6.08 Å². The van der Waals surface area contributed by atoms with E-state index in [1.807, 2.05) is 0 Å². The van der Waals surface area contributed by atoms with Crippen molar-refractivity contribution in [1.29, 1.82) is 0 Å². The number of fused-ring (bicyclic) bond motifs is 2. The molecule has 2 aliphatic carbocycles. The van der Waals surface area contributed by atoms with Crippen molar-refractivity contribution in [2.45, 2.75) is 11.8 Å². The summed E-state index contributed by atoms with van der Waals surface area (Å²) >= 11 is 0. The minimum absolute atomic E-state index is 0.0737. The summed E-state index contributed by atoms with van der Waals surface area (Å²) in [5, 5.41) is 39.6. The van der Waals surface area contributed by atoms with Gasteiger partial charge in [-0.25, -0.2) is 0 Å². The highest BCUT2D eigenvalue weighted by Crippen LogP contribution is 2.56. The summed E-state index contributed by atoms with van der Waals surface area (Å²) in [7, 11) is 0. The molecule has 2 aliphatic rings. The lowest BCUT2D eigenvalue weighted by atomic mass is 9.77. The first kappa shape index (κ1) is 21.5. The minimum Gasteiger partial charge on any atom is -0.508 e. The van der Waals surface area contributed by atoms with Crippen molar-refractivity contribution < 1.29 is 30.0 Å². The Morgan fingerprint density at radius 2 is 1.15 bits per heavy atom. The van der Waals surface area contributed by atoms with Crippen LogP contribution in [0.2, 0.25) is 0 Å². The standard InChI is InChI=1S/C28H22O6/c29-19-7-2-15(3-8-19)1-4-17-13-23(33)27-24(16-5-9-20(30)10-6-16)25(26(17)28(27)34)18-11-21(31)14-22(32)12-18/h1-14,24-27,29-32H/b4-1+/t24-,25-,26+,27-/m1/s1. The number of phenolic OH excluding ortho intramolecular Hbond substituents is 4. The average molecular weight is 454 g/mol. The number of aromatic hydroxyl groups is 4. The van der Waals surface area contributed by atoms with E-state index in [1.165, 1.54) is 36.4 Å². The first-order valence-corrected chi connectivity index (χ1v) is 10.9. The topological polar surface area (TPSA) is 115 Å². The normalized spacial score (nSPS) is 23.9. The number of carbonyl (C=O) groups excluding carboxylic acids is 2. The number of Topliss-reactive ketones (excluding diaryl/α,β-unsaturated/α-hetero) is 1. The van der Waals surface area contributed by atoms with Crippen molar-refractivity contribution in [2.24, 2.45) is 11.8 Å². The van der Waals surface area contributed by atoms with Crippen molar-refractivity contribution >= 4 is 17.6 Å². The molecule has 0 amide bonds. The van der Waals surface area contributed by atoms with Gasteiger partial charge in [0.15, 0.2) is 11.6 Å². The van der Waals surface area contributed by atoms with Gasteiger partial charge in [-0.2, -0.15) is 0 Å². The lowest BCUT2D eigenvalue weighted by Gasteiger charge is -2.25. The van der Waals surface area contributed by atoms with E-state index >= 15 is 0 Å². The van der Waals surface area contributed by atoms with Gasteiger partial charge in [0, 0.05) is 17.9 Å². The molecule has 6 nitrogen and oxygen atoms in total. The molecular formula is C28H22O6. The van der Waals surface area contributed by atoms with E-state index < -0.39 is 23.7 Å². The zero-order valence-electron chi connectivity index (χ0n) is 18.0. The maximum Gasteiger partial charge on any atom is 0.167 e. The van der Waals surface area contributed by atoms with Gasteiger partial charge < -0.3 is 20.4 Å². The largest absolute Gasteiger partial charge is 0.508 e. The fraction of sp³-hybridized carbons (Fsp3) is 0.143. The number of hydrogen-bond acceptors (Lipinski definition) is 6. The van der Waals surface area contributed by atoms with Gasteiger partial charge in [-0.1, -0.05) is 36.4 Å². The van der Waals surface area contributed by atoms with Gasteiger partial charge in [0.1, 0.15) is 23.0 Å². The Labute approximate surface area is 195 Å². The lowest BCUT2D eigenvalue weighted by molar-refractivity contribution is -0.130. The molecule has 4 N–H and O–H groups in total. The number of hydrogen-bond donors (Lipinski definition) is 4. The molecule has 1 fully saturated rings. The molecule has 4 atom stereocenters. The van der Waals surface area contributed by atoms with Crippen molar-refractivity contribution in [3.63, 3.8) is 0 Å². The van der Waals surface area contributed by atoms with Crippen LogP contribution in [-0.2, 0) is 9.59 Å². The van der Waals surface area contributed by atoms with Crippen LogP contribution in [-0.4, -0.2) is 32.0 Å². The van der Waals surface area contributed by atoms with E-state index in [4.69, 9.17) is 0 Å². The molecule has 3 aromatic carbocycles. The summed E-state index contributed by atoms with van der Waals surface area (Å²) in [6.45, 7) is 0. The molecule has 0 aliphatic heterocycles. The van der Waals surface area contributed by atoms with E-state index in [-0.39, 0.29) is 34.6 Å². The highest BCUT2D eigenvalue weighted by Gasteiger charge is 2.56. The smallest absolute Gasteiger partial charge is 0.167 e. The summed E-state index contributed by atoms with van der Waals surface area (Å²) in [4.78, 5) is 26.7. The van der Waals surface area contributed by atoms with Gasteiger partial charge in [0.2, 0.25) is 0 Å². The molecule has 1 saturated carbocycles. The summed E-state index contributed by atoms with van der Waals surface area (Å²) in [5.41, 5.74) is 2.61. The second-order valence-electron chi connectivity index (χ2n) is 8.76. The summed E-state index contributed by atoms with van der Waals surface area (Å²) in [6, 6.07) is 17.2. The zero-order chi connectivity index (χ0) is 24.0. The molecule has 0 heterocycles. The van der Waals surface area contributed by atoms with Crippen LogP contribution in [0.1, 0.15) is 28.5 Å². The quantitative estimate of drug-likeness (QED) is 0.434.